The number of aromatic nitrogens is 3. The van der Waals surface area contributed by atoms with Crippen LogP contribution >= 0.6 is 11.3 Å². The van der Waals surface area contributed by atoms with Crippen molar-refractivity contribution in [2.45, 2.75) is 26.4 Å². The van der Waals surface area contributed by atoms with Gasteiger partial charge in [0.15, 0.2) is 0 Å². The largest absolute Gasteiger partial charge is 0.338 e. The number of rotatable bonds is 7. The van der Waals surface area contributed by atoms with E-state index in [2.05, 4.69) is 27.2 Å². The van der Waals surface area contributed by atoms with Gasteiger partial charge in [0.05, 0.1) is 17.7 Å². The van der Waals surface area contributed by atoms with Crippen molar-refractivity contribution in [1.82, 2.24) is 20.3 Å². The maximum atomic E-state index is 4.39. The fraction of sp³-hybridized carbons (Fsp3) is 0.462. The Bertz CT molecular complexity index is 468. The molecule has 0 aliphatic carbocycles. The van der Waals surface area contributed by atoms with E-state index in [9.17, 15) is 0 Å². The molecule has 6 heteroatoms. The van der Waals surface area contributed by atoms with Gasteiger partial charge < -0.3 is 10.2 Å². The molecule has 0 atom stereocenters. The molecule has 0 bridgehead atoms. The third-order valence-corrected chi connectivity index (χ3v) is 3.31. The third-order valence-electron chi connectivity index (χ3n) is 2.67. The minimum absolute atomic E-state index is 0.729. The first-order valence-electron chi connectivity index (χ1n) is 6.39. The molecule has 2 aromatic rings. The van der Waals surface area contributed by atoms with Gasteiger partial charge in [-0.2, -0.15) is 0 Å². The smallest absolute Gasteiger partial charge is 0.225 e. The topological polar surface area (TPSA) is 53.9 Å². The van der Waals surface area contributed by atoms with Crippen LogP contribution in [0.4, 0.5) is 5.95 Å². The molecule has 0 fully saturated rings. The second-order valence-electron chi connectivity index (χ2n) is 4.40. The van der Waals surface area contributed by atoms with Gasteiger partial charge in [-0.25, -0.2) is 15.0 Å². The number of nitrogens with one attached hydrogen (secondary N) is 1. The van der Waals surface area contributed by atoms with Gasteiger partial charge >= 0.3 is 0 Å². The van der Waals surface area contributed by atoms with Crippen LogP contribution in [0.2, 0.25) is 0 Å². The summed E-state index contributed by atoms with van der Waals surface area (Å²) >= 11 is 1.60. The summed E-state index contributed by atoms with van der Waals surface area (Å²) < 4.78 is 0. The number of hydrogen-bond donors (Lipinski definition) is 1. The number of thiazole rings is 1. The molecule has 1 N–H and O–H groups in total. The molecule has 5 nitrogen and oxygen atoms in total. The van der Waals surface area contributed by atoms with Crippen LogP contribution in [0.15, 0.2) is 23.3 Å². The Balaban J connectivity index is 1.90. The number of anilines is 1. The molecule has 2 heterocycles. The molecule has 0 unspecified atom stereocenters. The molecule has 0 aliphatic heterocycles. The fourth-order valence-electron chi connectivity index (χ4n) is 1.68. The Morgan fingerprint density at radius 3 is 2.68 bits per heavy atom. The van der Waals surface area contributed by atoms with E-state index in [-0.39, 0.29) is 0 Å². The van der Waals surface area contributed by atoms with E-state index in [0.717, 1.165) is 43.3 Å². The summed E-state index contributed by atoms with van der Waals surface area (Å²) in [5, 5.41) is 5.38. The highest BCUT2D eigenvalue weighted by Crippen LogP contribution is 2.10. The average molecular weight is 277 g/mol. The van der Waals surface area contributed by atoms with Crippen molar-refractivity contribution in [3.05, 3.63) is 34.5 Å². The molecule has 0 aliphatic rings. The van der Waals surface area contributed by atoms with Crippen LogP contribution in [-0.4, -0.2) is 28.5 Å². The fourth-order valence-corrected chi connectivity index (χ4v) is 2.22. The lowest BCUT2D eigenvalue weighted by molar-refractivity contribution is 0.671. The minimum atomic E-state index is 0.729. The van der Waals surface area contributed by atoms with Gasteiger partial charge in [-0.05, 0) is 13.0 Å². The molecule has 2 aromatic heterocycles. The lowest BCUT2D eigenvalue weighted by Gasteiger charge is -2.15. The lowest BCUT2D eigenvalue weighted by Crippen LogP contribution is -2.20. The molecule has 0 amide bonds. The van der Waals surface area contributed by atoms with E-state index in [1.54, 1.807) is 11.3 Å². The first-order chi connectivity index (χ1) is 9.29. The second-order valence-corrected chi connectivity index (χ2v) is 5.12. The van der Waals surface area contributed by atoms with Crippen molar-refractivity contribution in [2.75, 3.05) is 18.5 Å². The van der Waals surface area contributed by atoms with Gasteiger partial charge in [-0.1, -0.05) is 6.92 Å². The molecular formula is C13H19N5S. The van der Waals surface area contributed by atoms with Crippen molar-refractivity contribution in [1.29, 1.82) is 0 Å². The molecular weight excluding hydrogens is 258 g/mol. The monoisotopic (exact) mass is 277 g/mol. The predicted molar refractivity (Wildman–Crippen MR) is 78.3 cm³/mol. The van der Waals surface area contributed by atoms with E-state index in [0.29, 0.717) is 0 Å². The normalized spacial score (nSPS) is 10.6. The van der Waals surface area contributed by atoms with Crippen LogP contribution < -0.4 is 10.2 Å². The first-order valence-corrected chi connectivity index (χ1v) is 7.33. The minimum Gasteiger partial charge on any atom is -0.338 e. The molecule has 2 rings (SSSR count). The molecule has 102 valence electrons. The molecule has 0 aromatic carbocycles. The SMILES string of the molecule is CCCNCc1cnc(N(C)Cc2cscn2)nc1. The van der Waals surface area contributed by atoms with E-state index < -0.39 is 0 Å². The van der Waals surface area contributed by atoms with E-state index in [4.69, 9.17) is 0 Å². The predicted octanol–water partition coefficient (Wildman–Crippen LogP) is 2.07. The third kappa shape index (κ3) is 4.25. The van der Waals surface area contributed by atoms with Crippen LogP contribution in [0.5, 0.6) is 0 Å². The summed E-state index contributed by atoms with van der Waals surface area (Å²) in [6.07, 6.45) is 4.89. The number of nitrogens with zero attached hydrogens (tertiary/aromatic N) is 4. The quantitative estimate of drug-likeness (QED) is 0.785. The van der Waals surface area contributed by atoms with Crippen molar-refractivity contribution >= 4 is 17.3 Å². The Labute approximate surface area is 117 Å². The summed E-state index contributed by atoms with van der Waals surface area (Å²) in [6, 6.07) is 0. The second kappa shape index (κ2) is 7.16. The van der Waals surface area contributed by atoms with Crippen molar-refractivity contribution < 1.29 is 0 Å². The first kappa shape index (κ1) is 13.9. The Hall–Kier alpha value is -1.53. The highest BCUT2D eigenvalue weighted by molar-refractivity contribution is 7.07. The van der Waals surface area contributed by atoms with Gasteiger partial charge in [0, 0.05) is 36.9 Å². The van der Waals surface area contributed by atoms with Gasteiger partial charge in [0.2, 0.25) is 5.95 Å². The van der Waals surface area contributed by atoms with E-state index in [1.807, 2.05) is 35.2 Å². The highest BCUT2D eigenvalue weighted by Gasteiger charge is 2.06. The zero-order valence-electron chi connectivity index (χ0n) is 11.3. The van der Waals surface area contributed by atoms with Gasteiger partial charge in [0.25, 0.3) is 0 Å². The van der Waals surface area contributed by atoms with Crippen LogP contribution in [0.25, 0.3) is 0 Å². The Kier molecular flexibility index (Phi) is 5.23. The summed E-state index contributed by atoms with van der Waals surface area (Å²) in [5.74, 6) is 0.729. The van der Waals surface area contributed by atoms with Crippen molar-refractivity contribution in [2.24, 2.45) is 0 Å². The molecule has 0 saturated heterocycles. The zero-order valence-corrected chi connectivity index (χ0v) is 12.2. The maximum absolute atomic E-state index is 4.39. The van der Waals surface area contributed by atoms with Crippen molar-refractivity contribution in [3.63, 3.8) is 0 Å². The van der Waals surface area contributed by atoms with Crippen LogP contribution in [0.1, 0.15) is 24.6 Å². The molecule has 19 heavy (non-hydrogen) atoms. The lowest BCUT2D eigenvalue weighted by atomic mass is 10.3. The maximum Gasteiger partial charge on any atom is 0.225 e. The molecule has 0 spiro atoms. The van der Waals surface area contributed by atoms with Gasteiger partial charge in [-0.3, -0.25) is 0 Å². The molecule has 0 saturated carbocycles. The molecule has 0 radical (unpaired) electrons. The standard InChI is InChI=1S/C13H19N5S/c1-3-4-14-5-11-6-15-13(16-7-11)18(2)8-12-9-19-10-17-12/h6-7,9-10,14H,3-5,8H2,1-2H3. The van der Waals surface area contributed by atoms with E-state index >= 15 is 0 Å². The van der Waals surface area contributed by atoms with E-state index in [1.165, 1.54) is 0 Å². The highest BCUT2D eigenvalue weighted by atomic mass is 32.1. The summed E-state index contributed by atoms with van der Waals surface area (Å²) in [6.45, 7) is 4.73. The Morgan fingerprint density at radius 2 is 2.05 bits per heavy atom. The van der Waals surface area contributed by atoms with Crippen LogP contribution in [0.3, 0.4) is 0 Å². The van der Waals surface area contributed by atoms with Gasteiger partial charge in [-0.15, -0.1) is 11.3 Å². The average Bonchev–Trinajstić information content (AvgIpc) is 2.93. The zero-order chi connectivity index (χ0) is 13.5. The summed E-state index contributed by atoms with van der Waals surface area (Å²) in [7, 11) is 1.98. The summed E-state index contributed by atoms with van der Waals surface area (Å²) in [5.41, 5.74) is 4.00. The van der Waals surface area contributed by atoms with Crippen molar-refractivity contribution in [3.8, 4) is 0 Å². The summed E-state index contributed by atoms with van der Waals surface area (Å²) in [4.78, 5) is 15.0. The van der Waals surface area contributed by atoms with Gasteiger partial charge in [0.1, 0.15) is 0 Å². The van der Waals surface area contributed by atoms with Crippen LogP contribution in [0, 0.1) is 0 Å². The Morgan fingerprint density at radius 1 is 1.26 bits per heavy atom. The number of hydrogen-bond acceptors (Lipinski definition) is 6. The van der Waals surface area contributed by atoms with Crippen LogP contribution in [-0.2, 0) is 13.1 Å².